The van der Waals surface area contributed by atoms with E-state index < -0.39 is 14.2 Å². The molecule has 4 heteroatoms. The second-order valence-electron chi connectivity index (χ2n) is 10.9. The maximum atomic E-state index is 11.4. The SMILES string of the molecule is CCCCCCCC[C@H](O)[C@@H](C1=NC(C)(C)CO1)[C@@H](/C=C/[Si](C)(C)C)c1ccccc1. The van der Waals surface area contributed by atoms with Gasteiger partial charge < -0.3 is 9.84 Å². The highest BCUT2D eigenvalue weighted by Crippen LogP contribution is 2.36. The summed E-state index contributed by atoms with van der Waals surface area (Å²) < 4.78 is 6.11. The van der Waals surface area contributed by atoms with Crippen LogP contribution in [0.15, 0.2) is 47.1 Å². The minimum atomic E-state index is -1.39. The molecular formula is C27H45NO2Si. The van der Waals surface area contributed by atoms with E-state index in [0.29, 0.717) is 6.61 Å². The molecule has 0 fully saturated rings. The molecule has 0 radical (unpaired) electrons. The lowest BCUT2D eigenvalue weighted by Crippen LogP contribution is -2.34. The number of allylic oxidation sites excluding steroid dienone is 1. The van der Waals surface area contributed by atoms with Crippen molar-refractivity contribution in [3.63, 3.8) is 0 Å². The Bertz CT molecular complexity index is 706. The average Bonchev–Trinajstić information content (AvgIpc) is 3.06. The van der Waals surface area contributed by atoms with Gasteiger partial charge in [-0.15, -0.1) is 0 Å². The zero-order chi connectivity index (χ0) is 22.9. The molecular weight excluding hydrogens is 398 g/mol. The topological polar surface area (TPSA) is 41.8 Å². The molecule has 0 amide bonds. The quantitative estimate of drug-likeness (QED) is 0.260. The van der Waals surface area contributed by atoms with Crippen molar-refractivity contribution in [2.75, 3.05) is 6.61 Å². The van der Waals surface area contributed by atoms with Crippen LogP contribution in [0.4, 0.5) is 0 Å². The first-order valence-corrected chi connectivity index (χ1v) is 15.9. The highest BCUT2D eigenvalue weighted by atomic mass is 28.3. The normalized spacial score (nSPS) is 19.1. The number of aliphatic imine (C=N–C) groups is 1. The molecule has 0 aliphatic carbocycles. The van der Waals surface area contributed by atoms with Crippen molar-refractivity contribution in [3.05, 3.63) is 47.7 Å². The molecule has 1 N–H and O–H groups in total. The molecule has 0 saturated carbocycles. The number of aliphatic hydroxyl groups excluding tert-OH is 1. The smallest absolute Gasteiger partial charge is 0.190 e. The molecule has 3 nitrogen and oxygen atoms in total. The molecule has 0 unspecified atom stereocenters. The fourth-order valence-electron chi connectivity index (χ4n) is 4.16. The van der Waals surface area contributed by atoms with Crippen molar-refractivity contribution >= 4 is 14.0 Å². The molecule has 1 heterocycles. The van der Waals surface area contributed by atoms with Gasteiger partial charge in [-0.2, -0.15) is 0 Å². The van der Waals surface area contributed by atoms with Gasteiger partial charge in [0, 0.05) is 5.92 Å². The summed E-state index contributed by atoms with van der Waals surface area (Å²) in [5.41, 5.74) is 3.40. The van der Waals surface area contributed by atoms with Crippen molar-refractivity contribution in [2.45, 2.75) is 103 Å². The Hall–Kier alpha value is -1.39. The zero-order valence-corrected chi connectivity index (χ0v) is 21.7. The van der Waals surface area contributed by atoms with E-state index in [9.17, 15) is 5.11 Å². The number of aliphatic hydroxyl groups is 1. The lowest BCUT2D eigenvalue weighted by atomic mass is 9.80. The van der Waals surface area contributed by atoms with Gasteiger partial charge in [-0.3, -0.25) is 0 Å². The van der Waals surface area contributed by atoms with Gasteiger partial charge in [-0.25, -0.2) is 4.99 Å². The molecule has 1 aromatic rings. The molecule has 1 aliphatic rings. The van der Waals surface area contributed by atoms with E-state index in [1.54, 1.807) is 0 Å². The third-order valence-corrected chi connectivity index (χ3v) is 7.11. The van der Waals surface area contributed by atoms with Gasteiger partial charge in [0.15, 0.2) is 5.90 Å². The Labute approximate surface area is 192 Å². The molecule has 3 atom stereocenters. The van der Waals surface area contributed by atoms with Gasteiger partial charge in [0.25, 0.3) is 0 Å². The van der Waals surface area contributed by atoms with Gasteiger partial charge in [-0.1, -0.05) is 107 Å². The summed E-state index contributed by atoms with van der Waals surface area (Å²) >= 11 is 0. The van der Waals surface area contributed by atoms with E-state index in [4.69, 9.17) is 9.73 Å². The molecule has 2 rings (SSSR count). The lowest BCUT2D eigenvalue weighted by Gasteiger charge is -2.30. The molecule has 1 aromatic carbocycles. The van der Waals surface area contributed by atoms with Crippen LogP contribution in [0.2, 0.25) is 19.6 Å². The number of hydrogen-bond acceptors (Lipinski definition) is 3. The van der Waals surface area contributed by atoms with Crippen LogP contribution < -0.4 is 0 Å². The summed E-state index contributed by atoms with van der Waals surface area (Å²) in [5, 5.41) is 11.4. The van der Waals surface area contributed by atoms with E-state index in [2.05, 4.69) is 82.5 Å². The highest BCUT2D eigenvalue weighted by Gasteiger charge is 2.39. The zero-order valence-electron chi connectivity index (χ0n) is 20.7. The van der Waals surface area contributed by atoms with Gasteiger partial charge >= 0.3 is 0 Å². The second kappa shape index (κ2) is 12.0. The lowest BCUT2D eigenvalue weighted by molar-refractivity contribution is 0.106. The first kappa shape index (κ1) is 25.9. The number of hydrogen-bond donors (Lipinski definition) is 1. The fraction of sp³-hybridized carbons (Fsp3) is 0.667. The Morgan fingerprint density at radius 3 is 2.29 bits per heavy atom. The predicted octanol–water partition coefficient (Wildman–Crippen LogP) is 7.14. The monoisotopic (exact) mass is 443 g/mol. The van der Waals surface area contributed by atoms with Gasteiger partial charge in [0.2, 0.25) is 0 Å². The Balaban J connectivity index is 2.28. The predicted molar refractivity (Wildman–Crippen MR) is 137 cm³/mol. The first-order chi connectivity index (χ1) is 14.6. The largest absolute Gasteiger partial charge is 0.478 e. The van der Waals surface area contributed by atoms with Crippen molar-refractivity contribution in [2.24, 2.45) is 10.9 Å². The van der Waals surface area contributed by atoms with E-state index >= 15 is 0 Å². The molecule has 174 valence electrons. The number of rotatable bonds is 13. The number of ether oxygens (including phenoxy) is 1. The molecule has 0 saturated heterocycles. The standard InChI is InChI=1S/C27H45NO2Si/c1-7-8-9-10-11-15-18-24(29)25(26-28-27(2,3)21-30-26)23(19-20-31(4,5)6)22-16-13-12-14-17-22/h12-14,16-17,19-20,23-25,29H,7-11,15,18,21H2,1-6H3/b20-19+/t23-,24-,25-/m0/s1. The summed E-state index contributed by atoms with van der Waals surface area (Å²) in [6.07, 6.45) is 10.0. The average molecular weight is 444 g/mol. The maximum absolute atomic E-state index is 11.4. The summed E-state index contributed by atoms with van der Waals surface area (Å²) in [6, 6.07) is 10.6. The van der Waals surface area contributed by atoms with Crippen molar-refractivity contribution in [3.8, 4) is 0 Å². The third-order valence-electron chi connectivity index (χ3n) is 5.91. The van der Waals surface area contributed by atoms with E-state index in [-0.39, 0.29) is 17.4 Å². The van der Waals surface area contributed by atoms with Crippen LogP contribution in [0.5, 0.6) is 0 Å². The van der Waals surface area contributed by atoms with Crippen LogP contribution in [0.1, 0.15) is 77.2 Å². The first-order valence-electron chi connectivity index (χ1n) is 12.3. The minimum absolute atomic E-state index is 0.0654. The number of nitrogens with zero attached hydrogens (tertiary/aromatic N) is 1. The van der Waals surface area contributed by atoms with Crippen molar-refractivity contribution < 1.29 is 9.84 Å². The van der Waals surface area contributed by atoms with Crippen LogP contribution in [0.3, 0.4) is 0 Å². The molecule has 0 spiro atoms. The van der Waals surface area contributed by atoms with Crippen LogP contribution in [-0.4, -0.2) is 37.3 Å². The number of benzene rings is 1. The van der Waals surface area contributed by atoms with Crippen LogP contribution >= 0.6 is 0 Å². The summed E-state index contributed by atoms with van der Waals surface area (Å²) in [6.45, 7) is 14.1. The van der Waals surface area contributed by atoms with E-state index in [1.165, 1.54) is 37.7 Å². The third kappa shape index (κ3) is 8.94. The van der Waals surface area contributed by atoms with Gasteiger partial charge in [0.1, 0.15) is 6.61 Å². The summed E-state index contributed by atoms with van der Waals surface area (Å²) in [7, 11) is -1.39. The van der Waals surface area contributed by atoms with E-state index in [1.807, 2.05) is 0 Å². The van der Waals surface area contributed by atoms with Crippen molar-refractivity contribution in [1.29, 1.82) is 0 Å². The van der Waals surface area contributed by atoms with E-state index in [0.717, 1.165) is 18.7 Å². The maximum Gasteiger partial charge on any atom is 0.190 e. The molecule has 31 heavy (non-hydrogen) atoms. The van der Waals surface area contributed by atoms with Crippen LogP contribution in [-0.2, 0) is 4.74 Å². The Morgan fingerprint density at radius 1 is 1.06 bits per heavy atom. The Kier molecular flexibility index (Phi) is 10.0. The molecule has 1 aliphatic heterocycles. The number of unbranched alkanes of at least 4 members (excludes halogenated alkanes) is 5. The fourth-order valence-corrected chi connectivity index (χ4v) is 4.95. The van der Waals surface area contributed by atoms with Crippen LogP contribution in [0, 0.1) is 5.92 Å². The van der Waals surface area contributed by atoms with Gasteiger partial charge in [0.05, 0.1) is 25.6 Å². The van der Waals surface area contributed by atoms with Crippen LogP contribution in [0.25, 0.3) is 0 Å². The second-order valence-corrected chi connectivity index (χ2v) is 15.9. The summed E-state index contributed by atoms with van der Waals surface area (Å²) in [5.74, 6) is 0.653. The molecule has 0 aromatic heterocycles. The van der Waals surface area contributed by atoms with Crippen molar-refractivity contribution in [1.82, 2.24) is 0 Å². The van der Waals surface area contributed by atoms with Gasteiger partial charge in [-0.05, 0) is 25.8 Å². The molecule has 0 bridgehead atoms. The minimum Gasteiger partial charge on any atom is -0.478 e. The highest BCUT2D eigenvalue weighted by molar-refractivity contribution is 6.80. The Morgan fingerprint density at radius 2 is 1.71 bits per heavy atom. The summed E-state index contributed by atoms with van der Waals surface area (Å²) in [4.78, 5) is 4.91.